The van der Waals surface area contributed by atoms with Gasteiger partial charge in [0.05, 0.1) is 10.8 Å². The number of rotatable bonds is 5. The van der Waals surface area contributed by atoms with Gasteiger partial charge in [-0.1, -0.05) is 25.4 Å². The Morgan fingerprint density at radius 2 is 2.08 bits per heavy atom. The van der Waals surface area contributed by atoms with Crippen LogP contribution in [0.1, 0.15) is 49.9 Å². The van der Waals surface area contributed by atoms with Gasteiger partial charge in [0.25, 0.3) is 0 Å². The minimum absolute atomic E-state index is 0.0924. The lowest BCUT2D eigenvalue weighted by Crippen LogP contribution is -2.14. The molecule has 1 fully saturated rings. The summed E-state index contributed by atoms with van der Waals surface area (Å²) in [7, 11) is -3.60. The summed E-state index contributed by atoms with van der Waals surface area (Å²) < 4.78 is 38.5. The molecule has 0 amide bonds. The lowest BCUT2D eigenvalue weighted by Gasteiger charge is -2.13. The number of imidazole rings is 1. The number of aromatic nitrogens is 2. The van der Waals surface area contributed by atoms with E-state index in [0.29, 0.717) is 22.1 Å². The smallest absolute Gasteiger partial charge is 0.231 e. The van der Waals surface area contributed by atoms with Crippen molar-refractivity contribution in [1.29, 1.82) is 0 Å². The Kier molecular flexibility index (Phi) is 3.96. The molecule has 2 heterocycles. The van der Waals surface area contributed by atoms with Crippen molar-refractivity contribution in [2.45, 2.75) is 49.6 Å². The van der Waals surface area contributed by atoms with Gasteiger partial charge in [-0.05, 0) is 36.5 Å². The number of sulfone groups is 1. The molecule has 25 heavy (non-hydrogen) atoms. The third kappa shape index (κ3) is 3.00. The van der Waals surface area contributed by atoms with Crippen LogP contribution in [0.4, 0.5) is 0 Å². The molecule has 4 rings (SSSR count). The van der Waals surface area contributed by atoms with Crippen molar-refractivity contribution >= 4 is 21.4 Å². The second-order valence-corrected chi connectivity index (χ2v) is 9.08. The summed E-state index contributed by atoms with van der Waals surface area (Å²) >= 11 is 6.17. The Balaban J connectivity index is 1.71. The summed E-state index contributed by atoms with van der Waals surface area (Å²) in [4.78, 5) is 4.25. The van der Waals surface area contributed by atoms with Crippen molar-refractivity contribution in [3.8, 4) is 11.5 Å². The van der Waals surface area contributed by atoms with Crippen LogP contribution in [0.2, 0.25) is 5.02 Å². The third-order valence-electron chi connectivity index (χ3n) is 4.42. The van der Waals surface area contributed by atoms with Gasteiger partial charge in [0.2, 0.25) is 21.8 Å². The van der Waals surface area contributed by atoms with Crippen LogP contribution in [0.25, 0.3) is 0 Å². The van der Waals surface area contributed by atoms with Gasteiger partial charge in [0.1, 0.15) is 0 Å². The fourth-order valence-electron chi connectivity index (χ4n) is 3.10. The van der Waals surface area contributed by atoms with Gasteiger partial charge < -0.3 is 14.0 Å². The van der Waals surface area contributed by atoms with E-state index in [1.807, 2.05) is 18.4 Å². The van der Waals surface area contributed by atoms with E-state index in [1.165, 1.54) is 0 Å². The zero-order chi connectivity index (χ0) is 17.8. The number of halogens is 1. The van der Waals surface area contributed by atoms with Crippen LogP contribution in [0.3, 0.4) is 0 Å². The maximum atomic E-state index is 13.0. The Labute approximate surface area is 151 Å². The molecule has 134 valence electrons. The largest absolute Gasteiger partial charge is 0.454 e. The number of fused-ring (bicyclic) bond motifs is 1. The van der Waals surface area contributed by atoms with Gasteiger partial charge >= 0.3 is 0 Å². The molecule has 0 N–H and O–H groups in total. The van der Waals surface area contributed by atoms with Crippen LogP contribution in [-0.2, 0) is 15.6 Å². The van der Waals surface area contributed by atoms with E-state index < -0.39 is 9.84 Å². The summed E-state index contributed by atoms with van der Waals surface area (Å²) in [6.07, 6.45) is 3.67. The third-order valence-corrected chi connectivity index (χ3v) is 6.27. The van der Waals surface area contributed by atoms with Crippen molar-refractivity contribution in [3.63, 3.8) is 0 Å². The molecule has 0 saturated heterocycles. The molecule has 0 spiro atoms. The zero-order valence-electron chi connectivity index (χ0n) is 14.0. The maximum absolute atomic E-state index is 13.0. The fourth-order valence-corrected chi connectivity index (χ4v) is 4.89. The highest BCUT2D eigenvalue weighted by Crippen LogP contribution is 2.42. The molecule has 8 heteroatoms. The second kappa shape index (κ2) is 5.92. The van der Waals surface area contributed by atoms with E-state index in [9.17, 15) is 8.42 Å². The topological polar surface area (TPSA) is 70.4 Å². The molecule has 6 nitrogen and oxygen atoms in total. The summed E-state index contributed by atoms with van der Waals surface area (Å²) in [5.41, 5.74) is 1.52. The molecule has 0 atom stereocenters. The van der Waals surface area contributed by atoms with Crippen molar-refractivity contribution in [1.82, 2.24) is 9.55 Å². The normalized spacial score (nSPS) is 16.6. The first-order valence-electron chi connectivity index (χ1n) is 8.24. The predicted molar refractivity (Wildman–Crippen MR) is 93.1 cm³/mol. The summed E-state index contributed by atoms with van der Waals surface area (Å²) in [6, 6.07) is 3.52. The van der Waals surface area contributed by atoms with E-state index >= 15 is 0 Å². The van der Waals surface area contributed by atoms with E-state index in [4.69, 9.17) is 21.1 Å². The molecular weight excluding hydrogens is 364 g/mol. The average molecular weight is 383 g/mol. The van der Waals surface area contributed by atoms with Crippen LogP contribution in [0.15, 0.2) is 23.5 Å². The molecule has 1 saturated carbocycles. The van der Waals surface area contributed by atoms with Crippen LogP contribution < -0.4 is 9.47 Å². The lowest BCUT2D eigenvalue weighted by molar-refractivity contribution is 0.174. The lowest BCUT2D eigenvalue weighted by atomic mass is 10.1. The van der Waals surface area contributed by atoms with Gasteiger partial charge in [-0.3, -0.25) is 0 Å². The van der Waals surface area contributed by atoms with Crippen LogP contribution in [0, 0.1) is 0 Å². The fraction of sp³-hybridized carbons (Fsp3) is 0.471. The number of hydrogen-bond donors (Lipinski definition) is 0. The first-order chi connectivity index (χ1) is 11.9. The second-order valence-electron chi connectivity index (χ2n) is 6.79. The van der Waals surface area contributed by atoms with Crippen molar-refractivity contribution in [2.75, 3.05) is 6.79 Å². The SMILES string of the molecule is CC(C)c1cnc(S(=O)(=O)Cc2cc(Cl)c3c(c2)OCO3)n1C1CC1. The molecule has 1 aromatic heterocycles. The van der Waals surface area contributed by atoms with Gasteiger partial charge in [0.15, 0.2) is 11.5 Å². The number of nitrogens with zero attached hydrogens (tertiary/aromatic N) is 2. The highest BCUT2D eigenvalue weighted by Gasteiger charge is 2.34. The Bertz CT molecular complexity index is 932. The monoisotopic (exact) mass is 382 g/mol. The van der Waals surface area contributed by atoms with Crippen LogP contribution in [0.5, 0.6) is 11.5 Å². The maximum Gasteiger partial charge on any atom is 0.231 e. The summed E-state index contributed by atoms with van der Waals surface area (Å²) in [6.45, 7) is 4.18. The first kappa shape index (κ1) is 16.7. The highest BCUT2D eigenvalue weighted by molar-refractivity contribution is 7.90. The molecule has 0 radical (unpaired) electrons. The average Bonchev–Trinajstić information content (AvgIpc) is 3.08. The molecule has 2 aliphatic rings. The molecule has 2 aromatic rings. The van der Waals surface area contributed by atoms with Gasteiger partial charge in [0, 0.05) is 17.9 Å². The molecular formula is C17H19ClN2O4S. The number of hydrogen-bond acceptors (Lipinski definition) is 5. The highest BCUT2D eigenvalue weighted by atomic mass is 35.5. The van der Waals surface area contributed by atoms with Crippen molar-refractivity contribution in [3.05, 3.63) is 34.6 Å². The quantitative estimate of drug-likeness (QED) is 0.788. The van der Waals surface area contributed by atoms with Crippen molar-refractivity contribution in [2.24, 2.45) is 0 Å². The van der Waals surface area contributed by atoms with E-state index in [2.05, 4.69) is 4.98 Å². The molecule has 1 aliphatic heterocycles. The first-order valence-corrected chi connectivity index (χ1v) is 10.3. The van der Waals surface area contributed by atoms with E-state index in [-0.39, 0.29) is 29.7 Å². The number of ether oxygens (including phenoxy) is 2. The Morgan fingerprint density at radius 3 is 2.76 bits per heavy atom. The van der Waals surface area contributed by atoms with Gasteiger partial charge in [-0.15, -0.1) is 0 Å². The summed E-state index contributed by atoms with van der Waals surface area (Å²) in [5, 5.41) is 0.501. The zero-order valence-corrected chi connectivity index (χ0v) is 15.6. The minimum Gasteiger partial charge on any atom is -0.454 e. The van der Waals surface area contributed by atoms with Crippen LogP contribution >= 0.6 is 11.6 Å². The molecule has 1 aromatic carbocycles. The molecule has 0 bridgehead atoms. The van der Waals surface area contributed by atoms with Crippen LogP contribution in [-0.4, -0.2) is 24.8 Å². The summed E-state index contributed by atoms with van der Waals surface area (Å²) in [5.74, 6) is 0.984. The van der Waals surface area contributed by atoms with Gasteiger partial charge in [-0.2, -0.15) is 0 Å². The molecule has 0 unspecified atom stereocenters. The van der Waals surface area contributed by atoms with Crippen molar-refractivity contribution < 1.29 is 17.9 Å². The predicted octanol–water partition coefficient (Wildman–Crippen LogP) is 3.70. The standard InChI is InChI=1S/C17H19ClN2O4S/c1-10(2)14-7-19-17(20(14)12-3-4-12)25(21,22)8-11-5-13(18)16-15(6-11)23-9-24-16/h5-7,10,12H,3-4,8-9H2,1-2H3. The van der Waals surface area contributed by atoms with E-state index in [1.54, 1.807) is 18.3 Å². The number of benzene rings is 1. The van der Waals surface area contributed by atoms with Gasteiger partial charge in [-0.25, -0.2) is 13.4 Å². The Morgan fingerprint density at radius 1 is 1.32 bits per heavy atom. The van der Waals surface area contributed by atoms with E-state index in [0.717, 1.165) is 18.5 Å². The Hall–Kier alpha value is -1.73. The molecule has 1 aliphatic carbocycles. The minimum atomic E-state index is -3.60.